The molecule has 0 spiro atoms. The molecule has 0 aliphatic carbocycles. The molecule has 5 nitrogen and oxygen atoms in total. The first-order valence-electron chi connectivity index (χ1n) is 8.72. The lowest BCUT2D eigenvalue weighted by atomic mass is 10.1. The van der Waals surface area contributed by atoms with Gasteiger partial charge < -0.3 is 9.67 Å². The molecule has 0 amide bonds. The Balaban J connectivity index is 1.73. The number of aliphatic hydroxyl groups excluding tert-OH is 1. The standard InChI is InChI=1S/C22H18N2O3/c25-14-13-23-21-4-2-1-3-19(21)20-15-17(9-12-22(20)23)6-5-16-7-10-18(11-8-16)24(26)27/h1-12,15,25H,13-14H2/b6-5+. The Bertz CT molecular complexity index is 1160. The van der Waals surface area contributed by atoms with Crippen molar-refractivity contribution in [1.29, 1.82) is 0 Å². The van der Waals surface area contributed by atoms with E-state index >= 15 is 0 Å². The van der Waals surface area contributed by atoms with E-state index in [1.54, 1.807) is 12.1 Å². The van der Waals surface area contributed by atoms with Crippen molar-refractivity contribution in [3.05, 3.63) is 88.0 Å². The Morgan fingerprint density at radius 1 is 0.889 bits per heavy atom. The molecule has 0 saturated carbocycles. The number of nitrogens with zero attached hydrogens (tertiary/aromatic N) is 2. The van der Waals surface area contributed by atoms with Gasteiger partial charge in [0.1, 0.15) is 0 Å². The quantitative estimate of drug-likeness (QED) is 0.314. The number of hydrogen-bond donors (Lipinski definition) is 1. The van der Waals surface area contributed by atoms with Crippen LogP contribution in [-0.2, 0) is 6.54 Å². The van der Waals surface area contributed by atoms with Crippen LogP contribution in [-0.4, -0.2) is 21.2 Å². The molecule has 1 N–H and O–H groups in total. The van der Waals surface area contributed by atoms with Crippen LogP contribution in [0.25, 0.3) is 34.0 Å². The molecule has 1 heterocycles. The molecule has 1 aromatic heterocycles. The van der Waals surface area contributed by atoms with Crippen LogP contribution in [0.4, 0.5) is 5.69 Å². The van der Waals surface area contributed by atoms with Gasteiger partial charge in [-0.2, -0.15) is 0 Å². The highest BCUT2D eigenvalue weighted by Gasteiger charge is 2.10. The lowest BCUT2D eigenvalue weighted by Crippen LogP contribution is -2.01. The van der Waals surface area contributed by atoms with E-state index in [0.29, 0.717) is 6.54 Å². The number of aromatic nitrogens is 1. The second-order valence-electron chi connectivity index (χ2n) is 6.35. The van der Waals surface area contributed by atoms with E-state index in [-0.39, 0.29) is 12.3 Å². The maximum atomic E-state index is 10.7. The molecule has 0 aliphatic heterocycles. The molecule has 5 heteroatoms. The monoisotopic (exact) mass is 358 g/mol. The molecule has 0 bridgehead atoms. The first-order chi connectivity index (χ1) is 13.2. The summed E-state index contributed by atoms with van der Waals surface area (Å²) in [6, 6.07) is 20.9. The van der Waals surface area contributed by atoms with Gasteiger partial charge in [0.2, 0.25) is 0 Å². The summed E-state index contributed by atoms with van der Waals surface area (Å²) >= 11 is 0. The van der Waals surface area contributed by atoms with E-state index in [1.165, 1.54) is 12.1 Å². The predicted octanol–water partition coefficient (Wildman–Crippen LogP) is 4.87. The highest BCUT2D eigenvalue weighted by atomic mass is 16.6. The van der Waals surface area contributed by atoms with Crippen LogP contribution < -0.4 is 0 Å². The average molecular weight is 358 g/mol. The third-order valence-electron chi connectivity index (χ3n) is 4.69. The topological polar surface area (TPSA) is 68.3 Å². The van der Waals surface area contributed by atoms with Crippen LogP contribution >= 0.6 is 0 Å². The molecule has 4 aromatic rings. The molecule has 3 aromatic carbocycles. The lowest BCUT2D eigenvalue weighted by Gasteiger charge is -2.04. The molecule has 0 atom stereocenters. The molecule has 0 unspecified atom stereocenters. The molecule has 0 aliphatic rings. The summed E-state index contributed by atoms with van der Waals surface area (Å²) in [4.78, 5) is 10.3. The fourth-order valence-corrected chi connectivity index (χ4v) is 3.42. The van der Waals surface area contributed by atoms with Gasteiger partial charge in [-0.05, 0) is 41.5 Å². The zero-order valence-corrected chi connectivity index (χ0v) is 14.6. The summed E-state index contributed by atoms with van der Waals surface area (Å²) in [6.45, 7) is 0.650. The normalized spacial score (nSPS) is 11.6. The minimum absolute atomic E-state index is 0.0882. The zero-order chi connectivity index (χ0) is 18.8. The van der Waals surface area contributed by atoms with Gasteiger partial charge in [0.15, 0.2) is 0 Å². The highest BCUT2D eigenvalue weighted by molar-refractivity contribution is 6.08. The van der Waals surface area contributed by atoms with Crippen molar-refractivity contribution >= 4 is 39.6 Å². The Morgan fingerprint density at radius 3 is 2.30 bits per heavy atom. The second kappa shape index (κ2) is 7.05. The third-order valence-corrected chi connectivity index (χ3v) is 4.69. The summed E-state index contributed by atoms with van der Waals surface area (Å²) in [5, 5.41) is 22.4. The van der Waals surface area contributed by atoms with E-state index in [9.17, 15) is 15.2 Å². The molecule has 0 radical (unpaired) electrons. The van der Waals surface area contributed by atoms with Crippen LogP contribution in [0.2, 0.25) is 0 Å². The van der Waals surface area contributed by atoms with Crippen molar-refractivity contribution < 1.29 is 10.0 Å². The van der Waals surface area contributed by atoms with Crippen molar-refractivity contribution in [1.82, 2.24) is 4.57 Å². The maximum absolute atomic E-state index is 10.7. The average Bonchev–Trinajstić information content (AvgIpc) is 3.00. The van der Waals surface area contributed by atoms with Crippen LogP contribution in [0.3, 0.4) is 0 Å². The molecule has 0 fully saturated rings. The summed E-state index contributed by atoms with van der Waals surface area (Å²) in [6.07, 6.45) is 3.94. The van der Waals surface area contributed by atoms with Crippen molar-refractivity contribution in [3.63, 3.8) is 0 Å². The van der Waals surface area contributed by atoms with Gasteiger partial charge in [-0.15, -0.1) is 0 Å². The first-order valence-corrected chi connectivity index (χ1v) is 8.72. The fourth-order valence-electron chi connectivity index (χ4n) is 3.42. The third kappa shape index (κ3) is 3.20. The summed E-state index contributed by atoms with van der Waals surface area (Å²) in [5.74, 6) is 0. The minimum Gasteiger partial charge on any atom is -0.395 e. The van der Waals surface area contributed by atoms with Gasteiger partial charge in [-0.3, -0.25) is 10.1 Å². The molecule has 4 rings (SSSR count). The van der Waals surface area contributed by atoms with E-state index in [4.69, 9.17) is 0 Å². The molecule has 0 saturated heterocycles. The number of hydrogen-bond acceptors (Lipinski definition) is 3. The second-order valence-corrected chi connectivity index (χ2v) is 6.35. The van der Waals surface area contributed by atoms with Crippen LogP contribution in [0.1, 0.15) is 11.1 Å². The van der Waals surface area contributed by atoms with Crippen LogP contribution in [0, 0.1) is 10.1 Å². The van der Waals surface area contributed by atoms with Gasteiger partial charge in [-0.1, -0.05) is 36.4 Å². The highest BCUT2D eigenvalue weighted by Crippen LogP contribution is 2.30. The van der Waals surface area contributed by atoms with E-state index in [1.807, 2.05) is 30.4 Å². The Morgan fingerprint density at radius 2 is 1.56 bits per heavy atom. The Labute approximate surface area is 155 Å². The number of para-hydroxylation sites is 1. The summed E-state index contributed by atoms with van der Waals surface area (Å²) < 4.78 is 2.13. The van der Waals surface area contributed by atoms with Gasteiger partial charge in [-0.25, -0.2) is 0 Å². The number of nitro benzene ring substituents is 1. The van der Waals surface area contributed by atoms with Crippen LogP contribution in [0.5, 0.6) is 0 Å². The van der Waals surface area contributed by atoms with Gasteiger partial charge in [0.05, 0.1) is 11.5 Å². The number of fused-ring (bicyclic) bond motifs is 3. The number of benzene rings is 3. The van der Waals surface area contributed by atoms with E-state index < -0.39 is 4.92 Å². The molecule has 27 heavy (non-hydrogen) atoms. The fraction of sp³-hybridized carbons (Fsp3) is 0.0909. The predicted molar refractivity (Wildman–Crippen MR) is 109 cm³/mol. The Kier molecular flexibility index (Phi) is 4.44. The van der Waals surface area contributed by atoms with E-state index in [2.05, 4.69) is 28.8 Å². The first kappa shape index (κ1) is 17.0. The largest absolute Gasteiger partial charge is 0.395 e. The van der Waals surface area contributed by atoms with Crippen molar-refractivity contribution in [3.8, 4) is 0 Å². The summed E-state index contributed by atoms with van der Waals surface area (Å²) in [7, 11) is 0. The molecule has 134 valence electrons. The van der Waals surface area contributed by atoms with Gasteiger partial charge >= 0.3 is 0 Å². The summed E-state index contributed by atoms with van der Waals surface area (Å²) in [5.41, 5.74) is 4.25. The van der Waals surface area contributed by atoms with Gasteiger partial charge in [0.25, 0.3) is 5.69 Å². The molecular formula is C22H18N2O3. The number of nitro groups is 1. The molecular weight excluding hydrogens is 340 g/mol. The number of rotatable bonds is 5. The van der Waals surface area contributed by atoms with E-state index in [0.717, 1.165) is 32.9 Å². The SMILES string of the molecule is O=[N+]([O-])c1ccc(/C=C/c2ccc3c(c2)c2ccccc2n3CCO)cc1. The number of non-ortho nitro benzene ring substituents is 1. The van der Waals surface area contributed by atoms with Crippen molar-refractivity contribution in [2.75, 3.05) is 6.61 Å². The van der Waals surface area contributed by atoms with Crippen molar-refractivity contribution in [2.45, 2.75) is 6.54 Å². The zero-order valence-electron chi connectivity index (χ0n) is 14.6. The van der Waals surface area contributed by atoms with Crippen molar-refractivity contribution in [2.24, 2.45) is 0 Å². The van der Waals surface area contributed by atoms with Crippen LogP contribution in [0.15, 0.2) is 66.7 Å². The Hall–Kier alpha value is -3.44. The van der Waals surface area contributed by atoms with Gasteiger partial charge in [0, 0.05) is 40.5 Å². The minimum atomic E-state index is -0.399. The smallest absolute Gasteiger partial charge is 0.269 e. The maximum Gasteiger partial charge on any atom is 0.269 e. The number of aliphatic hydroxyl groups is 1. The lowest BCUT2D eigenvalue weighted by molar-refractivity contribution is -0.384.